The molecule has 1 N–H and O–H groups in total. The summed E-state index contributed by atoms with van der Waals surface area (Å²) in [6, 6.07) is 5.81. The van der Waals surface area contributed by atoms with Gasteiger partial charge in [-0.1, -0.05) is 6.42 Å². The number of aliphatic carboxylic acids is 1. The molecule has 0 bridgehead atoms. The van der Waals surface area contributed by atoms with E-state index in [1.165, 1.54) is 12.8 Å². The van der Waals surface area contributed by atoms with Crippen molar-refractivity contribution in [3.05, 3.63) is 53.7 Å². The largest absolute Gasteiger partial charge is 0.490 e. The van der Waals surface area contributed by atoms with Crippen molar-refractivity contribution >= 4 is 11.9 Å². The number of nitrogens with zero attached hydrogens (tertiary/aromatic N) is 2. The van der Waals surface area contributed by atoms with Crippen LogP contribution in [0.1, 0.15) is 40.9 Å². The Kier molecular flexibility index (Phi) is 7.22. The van der Waals surface area contributed by atoms with Crippen molar-refractivity contribution in [2.45, 2.75) is 39.0 Å². The zero-order chi connectivity index (χ0) is 23.4. The Morgan fingerprint density at radius 1 is 1.31 bits per heavy atom. The molecular weight excluding hydrogens is 429 g/mol. The maximum absolute atomic E-state index is 12.8. The molecule has 1 amide bonds. The van der Waals surface area contributed by atoms with Crippen molar-refractivity contribution in [2.24, 2.45) is 11.3 Å². The van der Waals surface area contributed by atoms with Gasteiger partial charge in [-0.25, -0.2) is 4.79 Å². The summed E-state index contributed by atoms with van der Waals surface area (Å²) in [5.74, 6) is -1.73. The van der Waals surface area contributed by atoms with Gasteiger partial charge in [0.05, 0.1) is 19.5 Å². The van der Waals surface area contributed by atoms with Crippen molar-refractivity contribution in [2.75, 3.05) is 19.7 Å². The smallest absolute Gasteiger partial charge is 0.475 e. The Bertz CT molecular complexity index is 931. The molecule has 7 nitrogen and oxygen atoms in total. The van der Waals surface area contributed by atoms with Gasteiger partial charge in [0.25, 0.3) is 5.91 Å². The number of ether oxygens (including phenoxy) is 1. The summed E-state index contributed by atoms with van der Waals surface area (Å²) in [5.41, 5.74) is 2.14. The first kappa shape index (κ1) is 23.8. The zero-order valence-corrected chi connectivity index (χ0v) is 17.6. The van der Waals surface area contributed by atoms with Gasteiger partial charge in [-0.2, -0.15) is 13.2 Å². The number of carboxylic acids is 1. The molecular formula is C22H25F3N2O5. The van der Waals surface area contributed by atoms with Gasteiger partial charge in [-0.05, 0) is 49.4 Å². The van der Waals surface area contributed by atoms with Gasteiger partial charge >= 0.3 is 12.1 Å². The fraction of sp³-hybridized carbons (Fsp3) is 0.500. The van der Waals surface area contributed by atoms with Crippen LogP contribution in [-0.4, -0.2) is 52.7 Å². The normalized spacial score (nSPS) is 22.2. The molecule has 2 atom stereocenters. The number of halogens is 3. The van der Waals surface area contributed by atoms with Gasteiger partial charge in [0.1, 0.15) is 0 Å². The Labute approximate surface area is 183 Å². The van der Waals surface area contributed by atoms with Gasteiger partial charge in [-0.15, -0.1) is 0 Å². The summed E-state index contributed by atoms with van der Waals surface area (Å²) in [6.45, 7) is 4.81. The van der Waals surface area contributed by atoms with Crippen LogP contribution in [0.4, 0.5) is 13.2 Å². The summed E-state index contributed by atoms with van der Waals surface area (Å²) >= 11 is 0. The van der Waals surface area contributed by atoms with Crippen LogP contribution in [0, 0.1) is 18.3 Å². The molecule has 1 saturated carbocycles. The molecule has 3 heterocycles. The Morgan fingerprint density at radius 3 is 2.59 bits per heavy atom. The Balaban J connectivity index is 0.000000360. The van der Waals surface area contributed by atoms with Crippen LogP contribution >= 0.6 is 0 Å². The molecule has 1 aliphatic carbocycles. The molecule has 2 aliphatic rings. The number of aromatic nitrogens is 1. The highest BCUT2D eigenvalue weighted by molar-refractivity contribution is 5.93. The van der Waals surface area contributed by atoms with E-state index in [1.54, 1.807) is 18.7 Å². The Hall–Kier alpha value is -2.88. The van der Waals surface area contributed by atoms with E-state index in [0.717, 1.165) is 30.6 Å². The first-order valence-corrected chi connectivity index (χ1v) is 10.2. The summed E-state index contributed by atoms with van der Waals surface area (Å²) in [7, 11) is 0. The van der Waals surface area contributed by atoms with Crippen molar-refractivity contribution in [3.8, 4) is 0 Å². The topological polar surface area (TPSA) is 92.9 Å². The molecule has 32 heavy (non-hydrogen) atoms. The number of likely N-dealkylation sites (tertiary alicyclic amines) is 1. The number of pyridine rings is 1. The number of carboxylic acid groups (broad SMARTS) is 1. The number of rotatable bonds is 5. The number of furan rings is 1. The minimum absolute atomic E-state index is 0.0189. The SMILES string of the molecule is Cc1ccoc1C(=O)N1C[C@H]2CCC[C@@]2(COCc2ccncc2)C1.O=C(O)C(F)(F)F. The lowest BCUT2D eigenvalue weighted by atomic mass is 9.81. The van der Waals surface area contributed by atoms with Crippen LogP contribution in [0.3, 0.4) is 0 Å². The molecule has 0 spiro atoms. The van der Waals surface area contributed by atoms with E-state index < -0.39 is 12.1 Å². The van der Waals surface area contributed by atoms with E-state index in [1.807, 2.05) is 30.0 Å². The molecule has 10 heteroatoms. The van der Waals surface area contributed by atoms with Crippen LogP contribution in [0.5, 0.6) is 0 Å². The second kappa shape index (κ2) is 9.72. The van der Waals surface area contributed by atoms with E-state index >= 15 is 0 Å². The van der Waals surface area contributed by atoms with Crippen molar-refractivity contribution in [3.63, 3.8) is 0 Å². The van der Waals surface area contributed by atoms with Crippen LogP contribution < -0.4 is 0 Å². The van der Waals surface area contributed by atoms with E-state index in [0.29, 0.717) is 24.9 Å². The van der Waals surface area contributed by atoms with Crippen LogP contribution in [0.15, 0.2) is 41.3 Å². The van der Waals surface area contributed by atoms with E-state index in [4.69, 9.17) is 19.1 Å². The quantitative estimate of drug-likeness (QED) is 0.732. The molecule has 1 aliphatic heterocycles. The van der Waals surface area contributed by atoms with Gasteiger partial charge in [-0.3, -0.25) is 9.78 Å². The molecule has 2 fully saturated rings. The predicted molar refractivity (Wildman–Crippen MR) is 107 cm³/mol. The fourth-order valence-corrected chi connectivity index (χ4v) is 4.39. The van der Waals surface area contributed by atoms with Gasteiger partial charge in [0, 0.05) is 36.5 Å². The number of aryl methyl sites for hydroxylation is 1. The van der Waals surface area contributed by atoms with E-state index in [2.05, 4.69) is 4.98 Å². The molecule has 0 aromatic carbocycles. The van der Waals surface area contributed by atoms with E-state index in [9.17, 15) is 18.0 Å². The van der Waals surface area contributed by atoms with Crippen LogP contribution in [0.25, 0.3) is 0 Å². The highest BCUT2D eigenvalue weighted by atomic mass is 19.4. The molecule has 1 saturated heterocycles. The maximum atomic E-state index is 12.8. The summed E-state index contributed by atoms with van der Waals surface area (Å²) in [4.78, 5) is 27.7. The molecule has 0 unspecified atom stereocenters. The second-order valence-electron chi connectivity index (χ2n) is 8.22. The Morgan fingerprint density at radius 2 is 2.00 bits per heavy atom. The number of amides is 1. The molecule has 0 radical (unpaired) electrons. The highest BCUT2D eigenvalue weighted by Crippen LogP contribution is 2.49. The minimum atomic E-state index is -5.08. The number of fused-ring (bicyclic) bond motifs is 1. The van der Waals surface area contributed by atoms with E-state index in [-0.39, 0.29) is 11.3 Å². The number of carbonyl (C=O) groups excluding carboxylic acids is 1. The predicted octanol–water partition coefficient (Wildman–Crippen LogP) is 4.08. The number of carbonyl (C=O) groups is 2. The van der Waals surface area contributed by atoms with Crippen molar-refractivity contribution in [1.82, 2.24) is 9.88 Å². The fourth-order valence-electron chi connectivity index (χ4n) is 4.39. The van der Waals surface area contributed by atoms with Crippen molar-refractivity contribution in [1.29, 1.82) is 0 Å². The maximum Gasteiger partial charge on any atom is 0.490 e. The highest BCUT2D eigenvalue weighted by Gasteiger charge is 2.51. The summed E-state index contributed by atoms with van der Waals surface area (Å²) in [5, 5.41) is 7.12. The van der Waals surface area contributed by atoms with Gasteiger partial charge < -0.3 is 19.2 Å². The molecule has 2 aromatic heterocycles. The standard InChI is InChI=1S/C20H24N2O3.C2HF3O2/c1-15-6-10-25-18(15)19(23)22-11-17-3-2-7-20(17,13-22)14-24-12-16-4-8-21-9-5-16;3-2(4,5)1(6)7/h4-6,8-10,17H,2-3,7,11-14H2,1H3;(H,6,7)/t17-,20+;/m1./s1. The summed E-state index contributed by atoms with van der Waals surface area (Å²) < 4.78 is 43.2. The zero-order valence-electron chi connectivity index (χ0n) is 17.6. The van der Waals surface area contributed by atoms with Crippen LogP contribution in [-0.2, 0) is 16.1 Å². The van der Waals surface area contributed by atoms with Gasteiger partial charge in [0.2, 0.25) is 0 Å². The lowest BCUT2D eigenvalue weighted by molar-refractivity contribution is -0.192. The molecule has 4 rings (SSSR count). The van der Waals surface area contributed by atoms with Crippen molar-refractivity contribution < 1.29 is 37.0 Å². The summed E-state index contributed by atoms with van der Waals surface area (Å²) in [6.07, 6.45) is 3.63. The average Bonchev–Trinajstić information content (AvgIpc) is 3.42. The monoisotopic (exact) mass is 454 g/mol. The minimum Gasteiger partial charge on any atom is -0.475 e. The van der Waals surface area contributed by atoms with Crippen LogP contribution in [0.2, 0.25) is 0 Å². The average molecular weight is 454 g/mol. The third-order valence-corrected chi connectivity index (χ3v) is 6.03. The first-order chi connectivity index (χ1) is 15.1. The lowest BCUT2D eigenvalue weighted by Gasteiger charge is -2.28. The third-order valence-electron chi connectivity index (χ3n) is 6.03. The molecule has 2 aromatic rings. The first-order valence-electron chi connectivity index (χ1n) is 10.2. The number of hydrogen-bond acceptors (Lipinski definition) is 5. The third kappa shape index (κ3) is 5.48. The number of hydrogen-bond donors (Lipinski definition) is 1. The number of alkyl halides is 3. The second-order valence-corrected chi connectivity index (χ2v) is 8.22. The molecule has 174 valence electrons. The lowest BCUT2D eigenvalue weighted by Crippen LogP contribution is -2.34. The van der Waals surface area contributed by atoms with Gasteiger partial charge in [0.15, 0.2) is 5.76 Å².